The largest absolute Gasteiger partial charge is 0.306 e. The molecule has 2 heterocycles. The molecule has 0 saturated carbocycles. The SMILES string of the molecule is Cc1nc(-c2ccccc2S(=O)(=O)N(C)CC2CCCN2C#N)cs1. The highest BCUT2D eigenvalue weighted by molar-refractivity contribution is 7.89. The summed E-state index contributed by atoms with van der Waals surface area (Å²) in [6.07, 6.45) is 3.90. The molecular formula is C17H20N4O2S2. The molecule has 0 aliphatic carbocycles. The van der Waals surface area contributed by atoms with Crippen LogP contribution in [0.4, 0.5) is 0 Å². The first-order valence-electron chi connectivity index (χ1n) is 8.07. The van der Waals surface area contributed by atoms with Crippen LogP contribution >= 0.6 is 11.3 Å². The summed E-state index contributed by atoms with van der Waals surface area (Å²) in [6, 6.07) is 6.88. The van der Waals surface area contributed by atoms with E-state index in [9.17, 15) is 8.42 Å². The third kappa shape index (κ3) is 3.54. The molecule has 1 aliphatic rings. The standard InChI is InChI=1S/C17H20N4O2S2/c1-13-19-16(11-24-13)15-7-3-4-8-17(15)25(22,23)20(2)10-14-6-5-9-21(14)12-18/h3-4,7-8,11,14H,5-6,9-10H2,1-2H3. The van der Waals surface area contributed by atoms with Gasteiger partial charge in [-0.1, -0.05) is 18.2 Å². The van der Waals surface area contributed by atoms with Crippen molar-refractivity contribution in [2.75, 3.05) is 20.1 Å². The molecule has 1 saturated heterocycles. The van der Waals surface area contributed by atoms with E-state index in [1.54, 1.807) is 30.1 Å². The van der Waals surface area contributed by atoms with E-state index in [1.165, 1.54) is 15.6 Å². The van der Waals surface area contributed by atoms with Crippen molar-refractivity contribution in [3.05, 3.63) is 34.7 Å². The third-order valence-electron chi connectivity index (χ3n) is 4.44. The molecule has 1 aliphatic heterocycles. The van der Waals surface area contributed by atoms with Crippen LogP contribution in [-0.2, 0) is 10.0 Å². The molecule has 132 valence electrons. The lowest BCUT2D eigenvalue weighted by Crippen LogP contribution is -2.39. The summed E-state index contributed by atoms with van der Waals surface area (Å²) < 4.78 is 27.6. The first-order chi connectivity index (χ1) is 11.9. The number of sulfonamides is 1. The highest BCUT2D eigenvalue weighted by Crippen LogP contribution is 2.30. The second-order valence-electron chi connectivity index (χ2n) is 6.12. The highest BCUT2D eigenvalue weighted by atomic mass is 32.2. The van der Waals surface area contributed by atoms with Crippen LogP contribution in [0, 0.1) is 18.4 Å². The number of thiazole rings is 1. The lowest BCUT2D eigenvalue weighted by Gasteiger charge is -2.25. The highest BCUT2D eigenvalue weighted by Gasteiger charge is 2.31. The smallest absolute Gasteiger partial charge is 0.243 e. The van der Waals surface area contributed by atoms with E-state index in [1.807, 2.05) is 18.4 Å². The first kappa shape index (κ1) is 17.9. The quantitative estimate of drug-likeness (QED) is 0.750. The summed E-state index contributed by atoms with van der Waals surface area (Å²) in [6.45, 7) is 2.90. The number of likely N-dealkylation sites (tertiary alicyclic amines) is 1. The Kier molecular flexibility index (Phi) is 5.08. The van der Waals surface area contributed by atoms with Gasteiger partial charge in [0.05, 0.1) is 21.6 Å². The fraction of sp³-hybridized carbons (Fsp3) is 0.412. The van der Waals surface area contributed by atoms with Crippen molar-refractivity contribution in [2.45, 2.75) is 30.7 Å². The first-order valence-corrected chi connectivity index (χ1v) is 10.4. The van der Waals surface area contributed by atoms with Gasteiger partial charge in [0.1, 0.15) is 0 Å². The molecule has 3 rings (SSSR count). The number of nitriles is 1. The maximum atomic E-state index is 13.1. The molecule has 1 atom stereocenters. The number of rotatable bonds is 5. The van der Waals surface area contributed by atoms with Gasteiger partial charge in [0.25, 0.3) is 0 Å². The van der Waals surface area contributed by atoms with Crippen molar-refractivity contribution in [2.24, 2.45) is 0 Å². The number of benzene rings is 1. The molecule has 1 fully saturated rings. The predicted octanol–water partition coefficient (Wildman–Crippen LogP) is 2.68. The zero-order chi connectivity index (χ0) is 18.0. The second kappa shape index (κ2) is 7.12. The molecule has 0 bridgehead atoms. The van der Waals surface area contributed by atoms with Gasteiger partial charge in [0, 0.05) is 31.1 Å². The maximum absolute atomic E-state index is 13.1. The van der Waals surface area contributed by atoms with Crippen LogP contribution in [0.25, 0.3) is 11.3 Å². The Bertz CT molecular complexity index is 901. The van der Waals surface area contributed by atoms with Gasteiger partial charge in [-0.05, 0) is 25.8 Å². The molecule has 0 spiro atoms. The van der Waals surface area contributed by atoms with Crippen LogP contribution in [0.15, 0.2) is 34.5 Å². The van der Waals surface area contributed by atoms with Gasteiger partial charge in [0.15, 0.2) is 6.19 Å². The molecule has 0 N–H and O–H groups in total. The third-order valence-corrected chi connectivity index (χ3v) is 7.10. The Hall–Kier alpha value is -1.95. The number of nitrogens with zero attached hydrogens (tertiary/aromatic N) is 4. The minimum atomic E-state index is -3.67. The number of likely N-dealkylation sites (N-methyl/N-ethyl adjacent to an activating group) is 1. The number of aromatic nitrogens is 1. The van der Waals surface area contributed by atoms with E-state index >= 15 is 0 Å². The van der Waals surface area contributed by atoms with Crippen molar-refractivity contribution in [3.8, 4) is 17.5 Å². The second-order valence-corrected chi connectivity index (χ2v) is 9.20. The normalized spacial score (nSPS) is 17.8. The molecule has 8 heteroatoms. The Balaban J connectivity index is 1.91. The molecular weight excluding hydrogens is 356 g/mol. The van der Waals surface area contributed by atoms with Gasteiger partial charge < -0.3 is 4.90 Å². The van der Waals surface area contributed by atoms with Crippen LogP contribution in [0.1, 0.15) is 17.8 Å². The van der Waals surface area contributed by atoms with Gasteiger partial charge in [0.2, 0.25) is 10.0 Å². The molecule has 1 unspecified atom stereocenters. The molecule has 1 aromatic carbocycles. The monoisotopic (exact) mass is 376 g/mol. The summed E-state index contributed by atoms with van der Waals surface area (Å²) in [5.41, 5.74) is 1.29. The lowest BCUT2D eigenvalue weighted by molar-refractivity contribution is 0.309. The van der Waals surface area contributed by atoms with Crippen LogP contribution in [-0.4, -0.2) is 48.8 Å². The van der Waals surface area contributed by atoms with E-state index in [-0.39, 0.29) is 10.9 Å². The topological polar surface area (TPSA) is 77.3 Å². The van der Waals surface area contributed by atoms with Crippen LogP contribution < -0.4 is 0 Å². The number of aryl methyl sites for hydroxylation is 1. The average molecular weight is 377 g/mol. The van der Waals surface area contributed by atoms with Gasteiger partial charge in [-0.25, -0.2) is 13.4 Å². The summed E-state index contributed by atoms with van der Waals surface area (Å²) in [5.74, 6) is 0. The van der Waals surface area contributed by atoms with Crippen molar-refractivity contribution >= 4 is 21.4 Å². The van der Waals surface area contributed by atoms with Gasteiger partial charge >= 0.3 is 0 Å². The van der Waals surface area contributed by atoms with Crippen LogP contribution in [0.3, 0.4) is 0 Å². The van der Waals surface area contributed by atoms with Gasteiger partial charge in [-0.15, -0.1) is 11.3 Å². The van der Waals surface area contributed by atoms with Crippen molar-refractivity contribution < 1.29 is 8.42 Å². The van der Waals surface area contributed by atoms with Gasteiger partial charge in [-0.2, -0.15) is 9.57 Å². The maximum Gasteiger partial charge on any atom is 0.243 e. The fourth-order valence-corrected chi connectivity index (χ4v) is 5.13. The Morgan fingerprint density at radius 2 is 2.20 bits per heavy atom. The van der Waals surface area contributed by atoms with E-state index in [4.69, 9.17) is 5.26 Å². The Morgan fingerprint density at radius 1 is 1.44 bits per heavy atom. The van der Waals surface area contributed by atoms with Crippen molar-refractivity contribution in [1.29, 1.82) is 5.26 Å². The van der Waals surface area contributed by atoms with Gasteiger partial charge in [-0.3, -0.25) is 0 Å². The van der Waals surface area contributed by atoms with E-state index in [2.05, 4.69) is 11.2 Å². The van der Waals surface area contributed by atoms with Crippen LogP contribution in [0.5, 0.6) is 0 Å². The Morgan fingerprint density at radius 3 is 2.88 bits per heavy atom. The minimum absolute atomic E-state index is 0.0570. The molecule has 0 radical (unpaired) electrons. The van der Waals surface area contributed by atoms with Crippen molar-refractivity contribution in [1.82, 2.24) is 14.2 Å². The number of hydrogen-bond acceptors (Lipinski definition) is 6. The summed E-state index contributed by atoms with van der Waals surface area (Å²) in [4.78, 5) is 6.35. The molecule has 2 aromatic rings. The zero-order valence-corrected chi connectivity index (χ0v) is 15.8. The zero-order valence-electron chi connectivity index (χ0n) is 14.2. The molecule has 25 heavy (non-hydrogen) atoms. The van der Waals surface area contributed by atoms with Crippen molar-refractivity contribution in [3.63, 3.8) is 0 Å². The lowest BCUT2D eigenvalue weighted by atomic mass is 10.2. The minimum Gasteiger partial charge on any atom is -0.306 e. The summed E-state index contributed by atoms with van der Waals surface area (Å²) in [7, 11) is -2.09. The van der Waals surface area contributed by atoms with E-state index in [0.29, 0.717) is 24.3 Å². The number of hydrogen-bond donors (Lipinski definition) is 0. The summed E-state index contributed by atoms with van der Waals surface area (Å²) >= 11 is 1.49. The summed E-state index contributed by atoms with van der Waals surface area (Å²) in [5, 5.41) is 11.9. The van der Waals surface area contributed by atoms with E-state index < -0.39 is 10.0 Å². The Labute approximate surface area is 152 Å². The molecule has 1 aromatic heterocycles. The molecule has 6 nitrogen and oxygen atoms in total. The predicted molar refractivity (Wildman–Crippen MR) is 97.4 cm³/mol. The van der Waals surface area contributed by atoms with Crippen LogP contribution in [0.2, 0.25) is 0 Å². The fourth-order valence-electron chi connectivity index (χ4n) is 3.11. The average Bonchev–Trinajstić information content (AvgIpc) is 3.23. The van der Waals surface area contributed by atoms with E-state index in [0.717, 1.165) is 17.8 Å². The molecule has 0 amide bonds.